The number of nitrogens with zero attached hydrogens (tertiary/aromatic N) is 2. The molecule has 1 N–H and O–H groups in total. The van der Waals surface area contributed by atoms with Crippen molar-refractivity contribution >= 4 is 54.9 Å². The molecule has 3 rings (SSSR count). The molecule has 0 atom stereocenters. The summed E-state index contributed by atoms with van der Waals surface area (Å²) < 4.78 is 12.4. The van der Waals surface area contributed by atoms with Gasteiger partial charge in [0.25, 0.3) is 5.56 Å². The molecule has 10 heteroatoms. The number of ether oxygens (including phenoxy) is 2. The number of carbonyl (C=O) groups is 1. The monoisotopic (exact) mass is 537 g/mol. The molecule has 2 aromatic carbocycles. The van der Waals surface area contributed by atoms with Gasteiger partial charge in [0.05, 0.1) is 32.2 Å². The van der Waals surface area contributed by atoms with Gasteiger partial charge in [-0.2, -0.15) is 5.10 Å². The van der Waals surface area contributed by atoms with Gasteiger partial charge in [-0.05, 0) is 75.5 Å². The zero-order valence-electron chi connectivity index (χ0n) is 16.0. The van der Waals surface area contributed by atoms with E-state index in [9.17, 15) is 14.4 Å². The van der Waals surface area contributed by atoms with Crippen LogP contribution < -0.4 is 16.0 Å². The molecule has 0 radical (unpaired) electrons. The zero-order valence-corrected chi connectivity index (χ0v) is 19.2. The second kappa shape index (κ2) is 9.40. The maximum atomic E-state index is 12.5. The first-order valence-corrected chi connectivity index (χ1v) is 10.4. The van der Waals surface area contributed by atoms with E-state index in [2.05, 4.69) is 41.9 Å². The summed E-state index contributed by atoms with van der Waals surface area (Å²) >= 11 is 6.76. The predicted molar refractivity (Wildman–Crippen MR) is 120 cm³/mol. The number of aromatic amines is 1. The summed E-state index contributed by atoms with van der Waals surface area (Å²) in [5.41, 5.74) is -0.128. The van der Waals surface area contributed by atoms with Crippen molar-refractivity contribution in [1.29, 1.82) is 0 Å². The zero-order chi connectivity index (χ0) is 21.8. The van der Waals surface area contributed by atoms with Crippen molar-refractivity contribution in [3.05, 3.63) is 71.7 Å². The number of fused-ring (bicyclic) bond motifs is 1. The molecule has 1 heterocycles. The van der Waals surface area contributed by atoms with Crippen LogP contribution >= 0.6 is 31.9 Å². The molecular formula is C20H17Br2N3O5. The van der Waals surface area contributed by atoms with Crippen LogP contribution in [-0.4, -0.2) is 34.6 Å². The van der Waals surface area contributed by atoms with Crippen molar-refractivity contribution in [2.75, 3.05) is 6.61 Å². The highest BCUT2D eigenvalue weighted by Gasteiger charge is 2.13. The lowest BCUT2D eigenvalue weighted by molar-refractivity contribution is -0.149. The maximum Gasteiger partial charge on any atom is 0.349 e. The van der Waals surface area contributed by atoms with Gasteiger partial charge in [0, 0.05) is 0 Å². The molecule has 3 aromatic rings. The van der Waals surface area contributed by atoms with E-state index in [1.165, 1.54) is 6.21 Å². The fourth-order valence-corrected chi connectivity index (χ4v) is 4.05. The van der Waals surface area contributed by atoms with E-state index in [0.29, 0.717) is 31.2 Å². The molecule has 8 nitrogen and oxygen atoms in total. The van der Waals surface area contributed by atoms with Crippen LogP contribution in [0.4, 0.5) is 0 Å². The first kappa shape index (κ1) is 22.0. The molecule has 0 spiro atoms. The lowest BCUT2D eigenvalue weighted by Crippen LogP contribution is -2.32. The largest absolute Gasteiger partial charge is 0.480 e. The SMILES string of the molecule is CC(C)OC(=O)COc1c(Br)cc(C=Nn2c(=O)[nH]c3ccccc3c2=O)cc1Br. The number of aromatic nitrogens is 2. The van der Waals surface area contributed by atoms with Gasteiger partial charge in [0.2, 0.25) is 0 Å². The lowest BCUT2D eigenvalue weighted by Gasteiger charge is -2.12. The van der Waals surface area contributed by atoms with Crippen LogP contribution in [-0.2, 0) is 9.53 Å². The van der Waals surface area contributed by atoms with Crippen LogP contribution in [0.25, 0.3) is 10.9 Å². The highest BCUT2D eigenvalue weighted by molar-refractivity contribution is 9.11. The third kappa shape index (κ3) is 5.06. The fraction of sp³-hybridized carbons (Fsp3) is 0.200. The number of hydrogen-bond acceptors (Lipinski definition) is 6. The first-order valence-electron chi connectivity index (χ1n) is 8.86. The molecule has 0 fully saturated rings. The van der Waals surface area contributed by atoms with Crippen LogP contribution in [0.5, 0.6) is 5.75 Å². The summed E-state index contributed by atoms with van der Waals surface area (Å²) in [5, 5.41) is 4.38. The van der Waals surface area contributed by atoms with Gasteiger partial charge < -0.3 is 14.5 Å². The molecular weight excluding hydrogens is 522 g/mol. The van der Waals surface area contributed by atoms with Crippen molar-refractivity contribution < 1.29 is 14.3 Å². The fourth-order valence-electron chi connectivity index (χ4n) is 2.60. The second-order valence-corrected chi connectivity index (χ2v) is 8.19. The quantitative estimate of drug-likeness (QED) is 0.382. The Hall–Kier alpha value is -2.72. The first-order chi connectivity index (χ1) is 14.3. The summed E-state index contributed by atoms with van der Waals surface area (Å²) in [6, 6.07) is 10.1. The highest BCUT2D eigenvalue weighted by Crippen LogP contribution is 2.34. The van der Waals surface area contributed by atoms with Gasteiger partial charge in [-0.1, -0.05) is 12.1 Å². The Bertz CT molecular complexity index is 1220. The summed E-state index contributed by atoms with van der Waals surface area (Å²) in [5.74, 6) is -0.0714. The smallest absolute Gasteiger partial charge is 0.349 e. The van der Waals surface area contributed by atoms with Crippen LogP contribution in [0.1, 0.15) is 19.4 Å². The lowest BCUT2D eigenvalue weighted by atomic mass is 10.2. The van der Waals surface area contributed by atoms with Gasteiger partial charge >= 0.3 is 11.7 Å². The minimum Gasteiger partial charge on any atom is -0.480 e. The summed E-state index contributed by atoms with van der Waals surface area (Å²) in [4.78, 5) is 39.0. The molecule has 1 aromatic heterocycles. The van der Waals surface area contributed by atoms with E-state index in [0.717, 1.165) is 4.68 Å². The van der Waals surface area contributed by atoms with E-state index < -0.39 is 17.2 Å². The molecule has 156 valence electrons. The molecule has 0 amide bonds. The Morgan fingerprint density at radius 2 is 1.87 bits per heavy atom. The maximum absolute atomic E-state index is 12.5. The number of H-pyrrole nitrogens is 1. The molecule has 0 aliphatic heterocycles. The number of benzene rings is 2. The van der Waals surface area contributed by atoms with E-state index >= 15 is 0 Å². The summed E-state index contributed by atoms with van der Waals surface area (Å²) in [7, 11) is 0. The van der Waals surface area contributed by atoms with Crippen LogP contribution in [0.3, 0.4) is 0 Å². The number of nitrogens with one attached hydrogen (secondary N) is 1. The van der Waals surface area contributed by atoms with Gasteiger partial charge in [-0.15, -0.1) is 4.68 Å². The van der Waals surface area contributed by atoms with Gasteiger partial charge in [-0.3, -0.25) is 4.79 Å². The number of rotatable bonds is 6. The van der Waals surface area contributed by atoms with E-state index in [-0.39, 0.29) is 12.7 Å². The van der Waals surface area contributed by atoms with Crippen molar-refractivity contribution in [2.24, 2.45) is 5.10 Å². The Kier molecular flexibility index (Phi) is 6.88. The topological polar surface area (TPSA) is 103 Å². The summed E-state index contributed by atoms with van der Waals surface area (Å²) in [6.45, 7) is 3.26. The molecule has 0 saturated carbocycles. The number of hydrogen-bond donors (Lipinski definition) is 1. The molecule has 30 heavy (non-hydrogen) atoms. The average molecular weight is 539 g/mol. The normalized spacial score (nSPS) is 11.4. The number of halogens is 2. The Balaban J connectivity index is 1.85. The van der Waals surface area contributed by atoms with Gasteiger partial charge in [-0.25, -0.2) is 9.59 Å². The second-order valence-electron chi connectivity index (χ2n) is 6.48. The van der Waals surface area contributed by atoms with Gasteiger partial charge in [0.15, 0.2) is 6.61 Å². The van der Waals surface area contributed by atoms with Gasteiger partial charge in [0.1, 0.15) is 5.75 Å². The standard InChI is InChI=1S/C20H17Br2N3O5/c1-11(2)30-17(26)10-29-18-14(21)7-12(8-15(18)22)9-23-25-19(27)13-5-3-4-6-16(13)24-20(25)28/h3-9,11H,10H2,1-2H3,(H,24,28). The summed E-state index contributed by atoms with van der Waals surface area (Å²) in [6.07, 6.45) is 1.14. The number of esters is 1. The minimum atomic E-state index is -0.642. The van der Waals surface area contributed by atoms with Crippen LogP contribution in [0, 0.1) is 0 Å². The van der Waals surface area contributed by atoms with E-state index in [1.54, 1.807) is 50.2 Å². The van der Waals surface area contributed by atoms with Crippen molar-refractivity contribution in [1.82, 2.24) is 9.66 Å². The average Bonchev–Trinajstić information content (AvgIpc) is 2.66. The molecule has 0 bridgehead atoms. The van der Waals surface area contributed by atoms with Crippen molar-refractivity contribution in [2.45, 2.75) is 20.0 Å². The minimum absolute atomic E-state index is 0.228. The Morgan fingerprint density at radius 1 is 1.20 bits per heavy atom. The van der Waals surface area contributed by atoms with Crippen LogP contribution in [0.15, 0.2) is 60.0 Å². The van der Waals surface area contributed by atoms with Crippen molar-refractivity contribution in [3.63, 3.8) is 0 Å². The highest BCUT2D eigenvalue weighted by atomic mass is 79.9. The Labute approximate surface area is 187 Å². The number of carbonyl (C=O) groups excluding carboxylic acids is 1. The van der Waals surface area contributed by atoms with Crippen LogP contribution in [0.2, 0.25) is 0 Å². The third-order valence-electron chi connectivity index (χ3n) is 3.83. The molecule has 0 saturated heterocycles. The van der Waals surface area contributed by atoms with E-state index in [1.807, 2.05) is 0 Å². The Morgan fingerprint density at radius 3 is 2.53 bits per heavy atom. The molecule has 0 aliphatic carbocycles. The van der Waals surface area contributed by atoms with Crippen molar-refractivity contribution in [3.8, 4) is 5.75 Å². The molecule has 0 aliphatic rings. The van der Waals surface area contributed by atoms with E-state index in [4.69, 9.17) is 9.47 Å². The number of para-hydroxylation sites is 1. The predicted octanol–water partition coefficient (Wildman–Crippen LogP) is 3.43. The third-order valence-corrected chi connectivity index (χ3v) is 5.01. The molecule has 0 unspecified atom stereocenters.